The van der Waals surface area contributed by atoms with E-state index in [1.54, 1.807) is 0 Å². The van der Waals surface area contributed by atoms with Gasteiger partial charge in [-0.25, -0.2) is 8.42 Å². The van der Waals surface area contributed by atoms with Crippen molar-refractivity contribution < 1.29 is 13.3 Å². The van der Waals surface area contributed by atoms with Crippen LogP contribution in [0.4, 0.5) is 11.4 Å². The fourth-order valence-electron chi connectivity index (χ4n) is 1.33. The highest BCUT2D eigenvalue weighted by Crippen LogP contribution is 2.41. The Balaban J connectivity index is 2.63. The molecule has 0 spiro atoms. The van der Waals surface area contributed by atoms with Crippen LogP contribution in [-0.4, -0.2) is 13.3 Å². The minimum atomic E-state index is -3.54. The first-order chi connectivity index (χ1) is 6.49. The third-order valence-electron chi connectivity index (χ3n) is 1.89. The average molecular weight is 213 g/mol. The largest absolute Gasteiger partial charge is 0.576 e. The van der Waals surface area contributed by atoms with E-state index in [1.165, 1.54) is 18.2 Å². The van der Waals surface area contributed by atoms with E-state index in [9.17, 15) is 18.5 Å². The Labute approximate surface area is 79.8 Å². The maximum absolute atomic E-state index is 11.1. The zero-order valence-corrected chi connectivity index (χ0v) is 7.69. The second kappa shape index (κ2) is 2.68. The maximum Gasteiger partial charge on any atom is 0.272 e. The lowest BCUT2D eigenvalue weighted by Gasteiger charge is -2.10. The third kappa shape index (κ3) is 1.31. The Kier molecular flexibility index (Phi) is 1.71. The molecule has 2 rings (SSSR count). The van der Waals surface area contributed by atoms with Crippen molar-refractivity contribution in [1.82, 2.24) is 0 Å². The molecule has 0 saturated carbocycles. The first kappa shape index (κ1) is 8.95. The van der Waals surface area contributed by atoms with Crippen LogP contribution in [0.25, 0.3) is 4.72 Å². The fraction of sp³-hybridized carbons (Fsp3) is 0.143. The van der Waals surface area contributed by atoms with Gasteiger partial charge in [0.05, 0.1) is 20.7 Å². The second-order valence-corrected chi connectivity index (χ2v) is 4.48. The van der Waals surface area contributed by atoms with Crippen LogP contribution in [0.2, 0.25) is 0 Å². The highest BCUT2D eigenvalue weighted by atomic mass is 32.2. The molecule has 1 aliphatic rings. The molecule has 1 aromatic carbocycles. The molecule has 6 nitrogen and oxygen atoms in total. The number of nitro groups is 1. The number of hydrogen-bond acceptors (Lipinski definition) is 4. The molecule has 0 aromatic heterocycles. The molecule has 0 amide bonds. The molecular weight excluding hydrogens is 208 g/mol. The fourth-order valence-corrected chi connectivity index (χ4v) is 2.53. The molecule has 0 fully saturated rings. The summed E-state index contributed by atoms with van der Waals surface area (Å²) in [5, 5.41) is 10.5. The summed E-state index contributed by atoms with van der Waals surface area (Å²) >= 11 is 0. The standard InChI is InChI=1S/C7H5N2O4S/c10-9(11)7-3-1-2-6-5(7)4-14(12,13)8-6/h1-3H,4H2/q-1. The number of hydrogen-bond donors (Lipinski definition) is 0. The Morgan fingerprint density at radius 3 is 2.79 bits per heavy atom. The van der Waals surface area contributed by atoms with Gasteiger partial charge >= 0.3 is 0 Å². The number of fused-ring (bicyclic) bond motifs is 1. The molecule has 14 heavy (non-hydrogen) atoms. The van der Waals surface area contributed by atoms with Gasteiger partial charge in [-0.05, 0) is 0 Å². The zero-order chi connectivity index (χ0) is 10.3. The number of sulfonamides is 1. The SMILES string of the molecule is O=[N+]([O-])c1cccc2c1CS(=O)(=O)[N-]2. The van der Waals surface area contributed by atoms with Crippen molar-refractivity contribution in [2.24, 2.45) is 0 Å². The first-order valence-electron chi connectivity index (χ1n) is 3.71. The van der Waals surface area contributed by atoms with E-state index in [1.807, 2.05) is 0 Å². The summed E-state index contributed by atoms with van der Waals surface area (Å²) in [4.78, 5) is 9.94. The summed E-state index contributed by atoms with van der Waals surface area (Å²) in [7, 11) is -3.54. The zero-order valence-electron chi connectivity index (χ0n) is 6.87. The van der Waals surface area contributed by atoms with Crippen LogP contribution in [0.5, 0.6) is 0 Å². The van der Waals surface area contributed by atoms with Crippen LogP contribution < -0.4 is 0 Å². The van der Waals surface area contributed by atoms with Crippen molar-refractivity contribution in [3.63, 3.8) is 0 Å². The number of rotatable bonds is 1. The second-order valence-electron chi connectivity index (χ2n) is 2.85. The van der Waals surface area contributed by atoms with Gasteiger partial charge in [-0.15, -0.1) is 5.69 Å². The summed E-state index contributed by atoms with van der Waals surface area (Å²) in [6, 6.07) is 4.14. The van der Waals surface area contributed by atoms with Gasteiger partial charge in [0.25, 0.3) is 5.69 Å². The van der Waals surface area contributed by atoms with Gasteiger partial charge in [-0.2, -0.15) is 0 Å². The van der Waals surface area contributed by atoms with Crippen LogP contribution >= 0.6 is 0 Å². The minimum Gasteiger partial charge on any atom is -0.576 e. The van der Waals surface area contributed by atoms with Crippen molar-refractivity contribution in [3.8, 4) is 0 Å². The Bertz CT molecular complexity index is 508. The van der Waals surface area contributed by atoms with Crippen LogP contribution in [-0.2, 0) is 15.8 Å². The summed E-state index contributed by atoms with van der Waals surface area (Å²) in [5.41, 5.74) is 0.170. The predicted molar refractivity (Wildman–Crippen MR) is 48.7 cm³/mol. The number of nitrogens with zero attached hydrogens (tertiary/aromatic N) is 2. The molecule has 0 bridgehead atoms. The van der Waals surface area contributed by atoms with E-state index in [2.05, 4.69) is 4.72 Å². The highest BCUT2D eigenvalue weighted by Gasteiger charge is 2.22. The lowest BCUT2D eigenvalue weighted by atomic mass is 10.2. The molecule has 0 saturated heterocycles. The topological polar surface area (TPSA) is 91.4 Å². The van der Waals surface area contributed by atoms with Crippen LogP contribution in [0, 0.1) is 10.1 Å². The quantitative estimate of drug-likeness (QED) is 0.521. The average Bonchev–Trinajstić information content (AvgIpc) is 2.36. The van der Waals surface area contributed by atoms with Gasteiger partial charge in [-0.1, -0.05) is 12.1 Å². The lowest BCUT2D eigenvalue weighted by Crippen LogP contribution is -1.95. The van der Waals surface area contributed by atoms with Gasteiger partial charge in [0.15, 0.2) is 0 Å². The normalized spacial score (nSPS) is 17.1. The van der Waals surface area contributed by atoms with Crippen molar-refractivity contribution in [2.45, 2.75) is 5.75 Å². The smallest absolute Gasteiger partial charge is 0.272 e. The molecule has 0 unspecified atom stereocenters. The Morgan fingerprint density at radius 1 is 1.43 bits per heavy atom. The van der Waals surface area contributed by atoms with Gasteiger partial charge in [0.1, 0.15) is 0 Å². The summed E-state index contributed by atoms with van der Waals surface area (Å²) in [6.45, 7) is 0. The highest BCUT2D eigenvalue weighted by molar-refractivity contribution is 7.94. The summed E-state index contributed by atoms with van der Waals surface area (Å²) in [6.07, 6.45) is 0. The molecule has 74 valence electrons. The molecule has 7 heteroatoms. The van der Waals surface area contributed by atoms with E-state index in [-0.39, 0.29) is 22.7 Å². The van der Waals surface area contributed by atoms with Crippen molar-refractivity contribution in [2.75, 3.05) is 0 Å². The van der Waals surface area contributed by atoms with E-state index < -0.39 is 14.9 Å². The molecule has 0 aliphatic carbocycles. The lowest BCUT2D eigenvalue weighted by molar-refractivity contribution is -0.385. The minimum absolute atomic E-state index is 0.178. The number of nitro benzene ring substituents is 1. The van der Waals surface area contributed by atoms with E-state index in [0.29, 0.717) is 0 Å². The van der Waals surface area contributed by atoms with Crippen molar-refractivity contribution >= 4 is 21.4 Å². The van der Waals surface area contributed by atoms with Crippen LogP contribution in [0.1, 0.15) is 5.56 Å². The van der Waals surface area contributed by atoms with Crippen molar-refractivity contribution in [3.05, 3.63) is 38.6 Å². The van der Waals surface area contributed by atoms with Gasteiger partial charge < -0.3 is 4.72 Å². The molecular formula is C7H5N2O4S-. The van der Waals surface area contributed by atoms with Crippen LogP contribution in [0.15, 0.2) is 18.2 Å². The third-order valence-corrected chi connectivity index (χ3v) is 3.02. The van der Waals surface area contributed by atoms with E-state index in [0.717, 1.165) is 0 Å². The summed E-state index contributed by atoms with van der Waals surface area (Å²) < 4.78 is 25.5. The molecule has 1 heterocycles. The van der Waals surface area contributed by atoms with Gasteiger partial charge in [0.2, 0.25) is 0 Å². The van der Waals surface area contributed by atoms with Gasteiger partial charge in [0, 0.05) is 11.6 Å². The molecule has 0 radical (unpaired) electrons. The Hall–Kier alpha value is -1.63. The van der Waals surface area contributed by atoms with E-state index in [4.69, 9.17) is 0 Å². The molecule has 1 aliphatic heterocycles. The molecule has 0 N–H and O–H groups in total. The summed E-state index contributed by atoms with van der Waals surface area (Å²) in [5.74, 6) is -0.376. The predicted octanol–water partition coefficient (Wildman–Crippen LogP) is 1.44. The maximum atomic E-state index is 11.1. The van der Waals surface area contributed by atoms with Crippen LogP contribution in [0.3, 0.4) is 0 Å². The number of benzene rings is 1. The van der Waals surface area contributed by atoms with E-state index >= 15 is 0 Å². The first-order valence-corrected chi connectivity index (χ1v) is 5.32. The monoisotopic (exact) mass is 213 g/mol. The molecule has 1 aromatic rings. The van der Waals surface area contributed by atoms with Gasteiger partial charge in [-0.3, -0.25) is 10.1 Å². The Morgan fingerprint density at radius 2 is 2.14 bits per heavy atom. The van der Waals surface area contributed by atoms with Crippen molar-refractivity contribution in [1.29, 1.82) is 0 Å². The molecule has 0 atom stereocenters.